The van der Waals surface area contributed by atoms with E-state index in [0.29, 0.717) is 0 Å². The molecule has 0 N–H and O–H groups in total. The molecule has 3 heterocycles. The molecule has 0 fully saturated rings. The van der Waals surface area contributed by atoms with E-state index < -0.39 is 0 Å². The number of para-hydroxylation sites is 1. The molecule has 7 rings (SSSR count). The summed E-state index contributed by atoms with van der Waals surface area (Å²) in [5, 5.41) is 3.49. The number of imidazole rings is 1. The van der Waals surface area contributed by atoms with Crippen LogP contribution >= 0.6 is 0 Å². The second kappa shape index (κ2) is 6.41. The molecular weight excluding hydrogens is 394 g/mol. The second-order valence-corrected chi connectivity index (χ2v) is 8.17. The Morgan fingerprint density at radius 1 is 0.844 bits per heavy atom. The van der Waals surface area contributed by atoms with Crippen molar-refractivity contribution in [3.8, 4) is 28.3 Å². The van der Waals surface area contributed by atoms with Gasteiger partial charge >= 0.3 is 0 Å². The Kier molecular flexibility index (Phi) is 3.50. The van der Waals surface area contributed by atoms with Crippen molar-refractivity contribution in [2.45, 2.75) is 13.3 Å². The normalized spacial score (nSPS) is 12.3. The van der Waals surface area contributed by atoms with E-state index in [-0.39, 0.29) is 0 Å². The highest BCUT2D eigenvalue weighted by atomic mass is 16.5. The Morgan fingerprint density at radius 3 is 2.69 bits per heavy atom. The summed E-state index contributed by atoms with van der Waals surface area (Å²) in [4.78, 5) is 9.54. The Hall–Kier alpha value is -4.18. The summed E-state index contributed by atoms with van der Waals surface area (Å²) in [6, 6.07) is 27.4. The number of aryl methyl sites for hydroxylation is 1. The van der Waals surface area contributed by atoms with E-state index in [1.165, 1.54) is 10.8 Å². The van der Waals surface area contributed by atoms with E-state index in [0.717, 1.165) is 62.5 Å². The summed E-state index contributed by atoms with van der Waals surface area (Å²) in [5.41, 5.74) is 6.35. The van der Waals surface area contributed by atoms with Crippen LogP contribution in [0.15, 0.2) is 85.1 Å². The highest BCUT2D eigenvalue weighted by Gasteiger charge is 2.24. The van der Waals surface area contributed by atoms with Crippen LogP contribution in [-0.2, 0) is 6.42 Å². The van der Waals surface area contributed by atoms with E-state index in [2.05, 4.69) is 66.1 Å². The van der Waals surface area contributed by atoms with Crippen molar-refractivity contribution in [2.24, 2.45) is 0 Å². The summed E-state index contributed by atoms with van der Waals surface area (Å²) < 4.78 is 8.64. The lowest BCUT2D eigenvalue weighted by molar-refractivity contribution is 0.474. The molecular formula is C28H19N3O. The van der Waals surface area contributed by atoms with Crippen LogP contribution in [0.5, 0.6) is 11.5 Å². The molecule has 152 valence electrons. The molecule has 0 atom stereocenters. The van der Waals surface area contributed by atoms with Gasteiger partial charge in [-0.25, -0.2) is 4.98 Å². The van der Waals surface area contributed by atoms with Crippen LogP contribution in [0.2, 0.25) is 0 Å². The third-order valence-corrected chi connectivity index (χ3v) is 6.37. The number of benzene rings is 4. The summed E-state index contributed by atoms with van der Waals surface area (Å²) in [5.74, 6) is 2.75. The maximum absolute atomic E-state index is 6.39. The molecule has 0 bridgehead atoms. The van der Waals surface area contributed by atoms with Crippen molar-refractivity contribution in [1.29, 1.82) is 0 Å². The SMILES string of the molecule is CCc1nc2cccc3c2n1-c1ccc(-c2cc4ccccc4c4ncccc24)cc1O3. The van der Waals surface area contributed by atoms with Gasteiger partial charge in [0, 0.05) is 23.4 Å². The van der Waals surface area contributed by atoms with E-state index in [1.54, 1.807) is 0 Å². The number of aromatic nitrogens is 3. The largest absolute Gasteiger partial charge is 0.453 e. The third-order valence-electron chi connectivity index (χ3n) is 6.37. The molecule has 0 unspecified atom stereocenters. The molecule has 4 aromatic carbocycles. The molecule has 32 heavy (non-hydrogen) atoms. The molecule has 1 aliphatic rings. The minimum absolute atomic E-state index is 0.848. The molecule has 0 amide bonds. The van der Waals surface area contributed by atoms with Crippen LogP contribution in [0, 0.1) is 0 Å². The minimum atomic E-state index is 0.848. The second-order valence-electron chi connectivity index (χ2n) is 8.17. The van der Waals surface area contributed by atoms with Crippen molar-refractivity contribution in [3.63, 3.8) is 0 Å². The van der Waals surface area contributed by atoms with Gasteiger partial charge in [0.25, 0.3) is 0 Å². The third kappa shape index (κ3) is 2.32. The van der Waals surface area contributed by atoms with Gasteiger partial charge in [0.15, 0.2) is 11.5 Å². The van der Waals surface area contributed by atoms with E-state index in [1.807, 2.05) is 30.5 Å². The zero-order valence-corrected chi connectivity index (χ0v) is 17.5. The van der Waals surface area contributed by atoms with Gasteiger partial charge in [-0.3, -0.25) is 9.55 Å². The number of hydrogen-bond acceptors (Lipinski definition) is 3. The molecule has 0 saturated carbocycles. The highest BCUT2D eigenvalue weighted by Crippen LogP contribution is 2.44. The van der Waals surface area contributed by atoms with Crippen LogP contribution in [0.4, 0.5) is 0 Å². The van der Waals surface area contributed by atoms with Gasteiger partial charge in [0.1, 0.15) is 11.3 Å². The van der Waals surface area contributed by atoms with Crippen LogP contribution in [-0.4, -0.2) is 14.5 Å². The monoisotopic (exact) mass is 413 g/mol. The van der Waals surface area contributed by atoms with Gasteiger partial charge in [-0.2, -0.15) is 0 Å². The molecule has 4 nitrogen and oxygen atoms in total. The summed E-state index contributed by atoms with van der Waals surface area (Å²) >= 11 is 0. The summed E-state index contributed by atoms with van der Waals surface area (Å²) in [6.45, 7) is 2.14. The fourth-order valence-electron chi connectivity index (χ4n) is 4.94. The predicted molar refractivity (Wildman–Crippen MR) is 129 cm³/mol. The van der Waals surface area contributed by atoms with E-state index in [4.69, 9.17) is 14.7 Å². The summed E-state index contributed by atoms with van der Waals surface area (Å²) in [7, 11) is 0. The Labute approximate surface area is 184 Å². The van der Waals surface area contributed by atoms with Crippen molar-refractivity contribution in [3.05, 3.63) is 90.9 Å². The van der Waals surface area contributed by atoms with Crippen LogP contribution in [0.25, 0.3) is 49.5 Å². The first-order valence-corrected chi connectivity index (χ1v) is 10.9. The quantitative estimate of drug-likeness (QED) is 0.285. The first-order chi connectivity index (χ1) is 15.8. The van der Waals surface area contributed by atoms with Gasteiger partial charge < -0.3 is 4.74 Å². The molecule has 4 heteroatoms. The highest BCUT2D eigenvalue weighted by molar-refractivity contribution is 6.11. The summed E-state index contributed by atoms with van der Waals surface area (Å²) in [6.07, 6.45) is 2.72. The fraction of sp³-hybridized carbons (Fsp3) is 0.0714. The number of rotatable bonds is 2. The molecule has 0 aliphatic carbocycles. The number of pyridine rings is 1. The minimum Gasteiger partial charge on any atom is -0.453 e. The van der Waals surface area contributed by atoms with Gasteiger partial charge in [-0.05, 0) is 52.9 Å². The maximum Gasteiger partial charge on any atom is 0.153 e. The van der Waals surface area contributed by atoms with Crippen molar-refractivity contribution < 1.29 is 4.74 Å². The van der Waals surface area contributed by atoms with Gasteiger partial charge in [-0.1, -0.05) is 49.4 Å². The van der Waals surface area contributed by atoms with Gasteiger partial charge in [0.05, 0.1) is 16.7 Å². The van der Waals surface area contributed by atoms with E-state index >= 15 is 0 Å². The lowest BCUT2D eigenvalue weighted by atomic mass is 9.95. The Morgan fingerprint density at radius 2 is 1.75 bits per heavy atom. The number of hydrogen-bond donors (Lipinski definition) is 0. The lowest BCUT2D eigenvalue weighted by Crippen LogP contribution is -2.07. The van der Waals surface area contributed by atoms with Crippen molar-refractivity contribution >= 4 is 32.7 Å². The van der Waals surface area contributed by atoms with Crippen LogP contribution < -0.4 is 4.74 Å². The molecule has 2 aromatic heterocycles. The van der Waals surface area contributed by atoms with Gasteiger partial charge in [-0.15, -0.1) is 0 Å². The van der Waals surface area contributed by atoms with Crippen molar-refractivity contribution in [2.75, 3.05) is 0 Å². The molecule has 1 aliphatic heterocycles. The zero-order chi connectivity index (χ0) is 21.2. The Balaban J connectivity index is 1.50. The average Bonchev–Trinajstić information content (AvgIpc) is 3.24. The van der Waals surface area contributed by atoms with Gasteiger partial charge in [0.2, 0.25) is 0 Å². The smallest absolute Gasteiger partial charge is 0.153 e. The molecule has 0 saturated heterocycles. The zero-order valence-electron chi connectivity index (χ0n) is 17.5. The fourth-order valence-corrected chi connectivity index (χ4v) is 4.94. The number of ether oxygens (including phenoxy) is 1. The van der Waals surface area contributed by atoms with Crippen LogP contribution in [0.3, 0.4) is 0 Å². The number of fused-ring (bicyclic) bond motifs is 5. The topological polar surface area (TPSA) is 39.9 Å². The van der Waals surface area contributed by atoms with Crippen LogP contribution in [0.1, 0.15) is 12.7 Å². The first kappa shape index (κ1) is 17.5. The van der Waals surface area contributed by atoms with E-state index in [9.17, 15) is 0 Å². The molecule has 0 spiro atoms. The standard InChI is InChI=1S/C28H19N3O/c1-2-26-30-22-10-5-11-24-28(22)31(26)23-13-12-18(16-25(23)32-24)21-15-17-7-3-4-8-19(17)27-20(21)9-6-14-29-27/h3-16H,2H2,1H3. The predicted octanol–water partition coefficient (Wildman–Crippen LogP) is 7.06. The first-order valence-electron chi connectivity index (χ1n) is 10.9. The molecule has 6 aromatic rings. The Bertz CT molecular complexity index is 1700. The average molecular weight is 413 g/mol. The maximum atomic E-state index is 6.39. The lowest BCUT2D eigenvalue weighted by Gasteiger charge is -2.22. The number of nitrogens with zero attached hydrogens (tertiary/aromatic N) is 3. The van der Waals surface area contributed by atoms with Crippen molar-refractivity contribution in [1.82, 2.24) is 14.5 Å². The molecule has 0 radical (unpaired) electrons.